The molecule has 0 bridgehead atoms. The average molecular weight is 288 g/mol. The second-order valence-corrected chi connectivity index (χ2v) is 5.12. The van der Waals surface area contributed by atoms with E-state index in [1.807, 2.05) is 20.8 Å². The Labute approximate surface area is 122 Å². The van der Waals surface area contributed by atoms with Gasteiger partial charge in [-0.3, -0.25) is 4.79 Å². The number of hydrogen-bond donors (Lipinski definition) is 0. The molecule has 0 aromatic rings. The zero-order valence-corrected chi connectivity index (χ0v) is 13.3. The van der Waals surface area contributed by atoms with Crippen LogP contribution in [0.2, 0.25) is 0 Å². The molecular formula is C15H28O5. The molecule has 0 radical (unpaired) electrons. The molecule has 5 nitrogen and oxygen atoms in total. The summed E-state index contributed by atoms with van der Waals surface area (Å²) in [6.45, 7) is 10.1. The predicted octanol–water partition coefficient (Wildman–Crippen LogP) is 3.55. The maximum atomic E-state index is 12.0. The van der Waals surface area contributed by atoms with Gasteiger partial charge in [0.15, 0.2) is 0 Å². The third-order valence-corrected chi connectivity index (χ3v) is 2.85. The zero-order valence-electron chi connectivity index (χ0n) is 13.3. The van der Waals surface area contributed by atoms with Crippen LogP contribution >= 0.6 is 0 Å². The van der Waals surface area contributed by atoms with E-state index in [0.29, 0.717) is 25.4 Å². The lowest BCUT2D eigenvalue weighted by Crippen LogP contribution is -2.35. The summed E-state index contributed by atoms with van der Waals surface area (Å²) >= 11 is 0. The van der Waals surface area contributed by atoms with Crippen LogP contribution in [0.4, 0.5) is 4.79 Å². The third-order valence-electron chi connectivity index (χ3n) is 2.85. The standard InChI is InChI=1S/C15H28O5/c1-6-9-12(14(16)18-7-2)13(10-11(4)5)20-15(17)19-8-3/h11-13H,6-10H2,1-5H3. The fourth-order valence-corrected chi connectivity index (χ4v) is 2.05. The lowest BCUT2D eigenvalue weighted by Gasteiger charge is -2.26. The third kappa shape index (κ3) is 7.36. The summed E-state index contributed by atoms with van der Waals surface area (Å²) in [6, 6.07) is 0. The van der Waals surface area contributed by atoms with E-state index in [4.69, 9.17) is 14.2 Å². The lowest BCUT2D eigenvalue weighted by atomic mass is 9.91. The molecule has 0 saturated carbocycles. The molecular weight excluding hydrogens is 260 g/mol. The van der Waals surface area contributed by atoms with Gasteiger partial charge in [0.05, 0.1) is 19.1 Å². The van der Waals surface area contributed by atoms with Crippen LogP contribution in [0.15, 0.2) is 0 Å². The molecule has 0 amide bonds. The van der Waals surface area contributed by atoms with Crippen molar-refractivity contribution in [3.05, 3.63) is 0 Å². The number of rotatable bonds is 9. The van der Waals surface area contributed by atoms with Gasteiger partial charge in [-0.05, 0) is 32.6 Å². The summed E-state index contributed by atoms with van der Waals surface area (Å²) < 4.78 is 15.2. The maximum absolute atomic E-state index is 12.0. The Kier molecular flexibility index (Phi) is 9.86. The topological polar surface area (TPSA) is 61.8 Å². The largest absolute Gasteiger partial charge is 0.508 e. The minimum Gasteiger partial charge on any atom is -0.466 e. The Hall–Kier alpha value is -1.26. The van der Waals surface area contributed by atoms with Crippen LogP contribution in [0.5, 0.6) is 0 Å². The second-order valence-electron chi connectivity index (χ2n) is 5.12. The Morgan fingerprint density at radius 2 is 1.60 bits per heavy atom. The van der Waals surface area contributed by atoms with Crippen molar-refractivity contribution in [2.75, 3.05) is 13.2 Å². The summed E-state index contributed by atoms with van der Waals surface area (Å²) in [5.74, 6) is -0.417. The maximum Gasteiger partial charge on any atom is 0.508 e. The van der Waals surface area contributed by atoms with Gasteiger partial charge < -0.3 is 14.2 Å². The number of ether oxygens (including phenoxy) is 3. The minimum atomic E-state index is -0.719. The van der Waals surface area contributed by atoms with E-state index in [0.717, 1.165) is 6.42 Å². The molecule has 0 spiro atoms. The first-order valence-corrected chi connectivity index (χ1v) is 7.46. The molecule has 0 N–H and O–H groups in total. The first kappa shape index (κ1) is 18.7. The van der Waals surface area contributed by atoms with Crippen LogP contribution in [0.25, 0.3) is 0 Å². The molecule has 0 aliphatic rings. The fourth-order valence-electron chi connectivity index (χ4n) is 2.05. The van der Waals surface area contributed by atoms with Crippen molar-refractivity contribution in [3.8, 4) is 0 Å². The molecule has 0 saturated heterocycles. The van der Waals surface area contributed by atoms with E-state index in [-0.39, 0.29) is 12.6 Å². The first-order valence-electron chi connectivity index (χ1n) is 7.46. The number of esters is 1. The summed E-state index contributed by atoms with van der Waals surface area (Å²) in [5.41, 5.74) is 0. The van der Waals surface area contributed by atoms with Gasteiger partial charge in [-0.1, -0.05) is 27.2 Å². The van der Waals surface area contributed by atoms with E-state index < -0.39 is 18.2 Å². The Balaban J connectivity index is 4.89. The molecule has 20 heavy (non-hydrogen) atoms. The Morgan fingerprint density at radius 1 is 1.00 bits per heavy atom. The van der Waals surface area contributed by atoms with E-state index >= 15 is 0 Å². The molecule has 0 fully saturated rings. The molecule has 0 heterocycles. The van der Waals surface area contributed by atoms with Gasteiger partial charge in [-0.25, -0.2) is 4.79 Å². The van der Waals surface area contributed by atoms with Gasteiger partial charge in [0.25, 0.3) is 0 Å². The van der Waals surface area contributed by atoms with Crippen LogP contribution in [0, 0.1) is 11.8 Å². The van der Waals surface area contributed by atoms with Crippen molar-refractivity contribution in [1.29, 1.82) is 0 Å². The monoisotopic (exact) mass is 288 g/mol. The molecule has 0 rings (SSSR count). The average Bonchev–Trinajstić information content (AvgIpc) is 2.35. The van der Waals surface area contributed by atoms with Crippen molar-refractivity contribution in [3.63, 3.8) is 0 Å². The molecule has 118 valence electrons. The van der Waals surface area contributed by atoms with Crippen LogP contribution in [-0.4, -0.2) is 31.4 Å². The number of carbonyl (C=O) groups is 2. The smallest absolute Gasteiger partial charge is 0.466 e. The molecule has 2 atom stereocenters. The number of carbonyl (C=O) groups excluding carboxylic acids is 2. The van der Waals surface area contributed by atoms with E-state index in [1.54, 1.807) is 13.8 Å². The van der Waals surface area contributed by atoms with Gasteiger partial charge in [-0.2, -0.15) is 0 Å². The Bertz CT molecular complexity index is 288. The lowest BCUT2D eigenvalue weighted by molar-refractivity contribution is -0.153. The minimum absolute atomic E-state index is 0.255. The van der Waals surface area contributed by atoms with Gasteiger partial charge in [-0.15, -0.1) is 0 Å². The highest BCUT2D eigenvalue weighted by molar-refractivity contribution is 5.73. The molecule has 2 unspecified atom stereocenters. The quantitative estimate of drug-likeness (QED) is 0.607. The van der Waals surface area contributed by atoms with Gasteiger partial charge in [0.2, 0.25) is 0 Å². The summed E-state index contributed by atoms with van der Waals surface area (Å²) in [7, 11) is 0. The predicted molar refractivity (Wildman–Crippen MR) is 76.4 cm³/mol. The van der Waals surface area contributed by atoms with Crippen LogP contribution in [-0.2, 0) is 19.0 Å². The summed E-state index contributed by atoms with van der Waals surface area (Å²) in [5, 5.41) is 0. The highest BCUT2D eigenvalue weighted by Crippen LogP contribution is 2.23. The van der Waals surface area contributed by atoms with E-state index in [2.05, 4.69) is 0 Å². The highest BCUT2D eigenvalue weighted by atomic mass is 16.7. The highest BCUT2D eigenvalue weighted by Gasteiger charge is 2.32. The van der Waals surface area contributed by atoms with Crippen molar-refractivity contribution < 1.29 is 23.8 Å². The fraction of sp³-hybridized carbons (Fsp3) is 0.867. The second kappa shape index (κ2) is 10.5. The van der Waals surface area contributed by atoms with Gasteiger partial charge in [0, 0.05) is 0 Å². The first-order chi connectivity index (χ1) is 9.46. The van der Waals surface area contributed by atoms with Crippen molar-refractivity contribution in [2.24, 2.45) is 11.8 Å². The van der Waals surface area contributed by atoms with E-state index in [1.165, 1.54) is 0 Å². The molecule has 0 aromatic heterocycles. The normalized spacial score (nSPS) is 13.7. The van der Waals surface area contributed by atoms with Crippen molar-refractivity contribution in [2.45, 2.75) is 60.0 Å². The summed E-state index contributed by atoms with van der Waals surface area (Å²) in [6.07, 6.45) is 0.860. The number of hydrogen-bond acceptors (Lipinski definition) is 5. The SMILES string of the molecule is CCCC(C(=O)OCC)C(CC(C)C)OC(=O)OCC. The molecule has 5 heteroatoms. The molecule has 0 aliphatic carbocycles. The molecule has 0 aliphatic heterocycles. The summed E-state index contributed by atoms with van der Waals surface area (Å²) in [4.78, 5) is 23.6. The Morgan fingerprint density at radius 3 is 2.05 bits per heavy atom. The van der Waals surface area contributed by atoms with Crippen LogP contribution < -0.4 is 0 Å². The van der Waals surface area contributed by atoms with E-state index in [9.17, 15) is 9.59 Å². The zero-order chi connectivity index (χ0) is 15.5. The van der Waals surface area contributed by atoms with Crippen molar-refractivity contribution >= 4 is 12.1 Å². The van der Waals surface area contributed by atoms with Gasteiger partial charge in [0.1, 0.15) is 6.10 Å². The van der Waals surface area contributed by atoms with Gasteiger partial charge >= 0.3 is 12.1 Å². The van der Waals surface area contributed by atoms with Crippen molar-refractivity contribution in [1.82, 2.24) is 0 Å². The molecule has 0 aromatic carbocycles. The van der Waals surface area contributed by atoms with Crippen LogP contribution in [0.3, 0.4) is 0 Å². The van der Waals surface area contributed by atoms with Crippen LogP contribution in [0.1, 0.15) is 53.9 Å².